The lowest BCUT2D eigenvalue weighted by Crippen LogP contribution is -2.31. The molecule has 0 fully saturated rings. The van der Waals surface area contributed by atoms with Gasteiger partial charge in [0, 0.05) is 37.5 Å². The van der Waals surface area contributed by atoms with E-state index in [2.05, 4.69) is 41.5 Å². The van der Waals surface area contributed by atoms with Crippen molar-refractivity contribution in [1.29, 1.82) is 0 Å². The number of benzene rings is 1. The van der Waals surface area contributed by atoms with Crippen molar-refractivity contribution in [1.82, 2.24) is 15.8 Å². The molecule has 0 bridgehead atoms. The summed E-state index contributed by atoms with van der Waals surface area (Å²) < 4.78 is 0. The van der Waals surface area contributed by atoms with Crippen molar-refractivity contribution in [3.8, 4) is 0 Å². The van der Waals surface area contributed by atoms with Gasteiger partial charge in [0.1, 0.15) is 0 Å². The van der Waals surface area contributed by atoms with Crippen LogP contribution in [-0.4, -0.2) is 19.0 Å². The second-order valence-electron chi connectivity index (χ2n) is 5.18. The Morgan fingerprint density at radius 1 is 1.15 bits per heavy atom. The summed E-state index contributed by atoms with van der Waals surface area (Å²) in [5, 5.41) is 0. The number of nitrogens with one attached hydrogen (secondary N) is 2. The maximum atomic E-state index is 6.50. The highest BCUT2D eigenvalue weighted by Gasteiger charge is 2.20. The fourth-order valence-corrected chi connectivity index (χ4v) is 2.73. The van der Waals surface area contributed by atoms with E-state index in [0.29, 0.717) is 5.70 Å². The van der Waals surface area contributed by atoms with E-state index in [0.717, 1.165) is 29.1 Å². The first-order valence-corrected chi connectivity index (χ1v) is 9.35. The molecule has 1 aliphatic rings. The van der Waals surface area contributed by atoms with Gasteiger partial charge in [0.2, 0.25) is 0 Å². The molecule has 0 atom stereocenters. The third-order valence-corrected chi connectivity index (χ3v) is 3.72. The van der Waals surface area contributed by atoms with Crippen LogP contribution in [0.4, 0.5) is 0 Å². The van der Waals surface area contributed by atoms with E-state index in [4.69, 9.17) is 5.73 Å². The van der Waals surface area contributed by atoms with Gasteiger partial charge >= 0.3 is 0 Å². The minimum absolute atomic E-state index is 0.696. The molecule has 144 valence electrons. The van der Waals surface area contributed by atoms with Gasteiger partial charge in [-0.3, -0.25) is 0 Å². The molecule has 0 radical (unpaired) electrons. The van der Waals surface area contributed by atoms with Gasteiger partial charge in [0.05, 0.1) is 11.4 Å². The Kier molecular flexibility index (Phi) is 11.6. The molecule has 1 heterocycles. The van der Waals surface area contributed by atoms with Crippen molar-refractivity contribution in [3.63, 3.8) is 0 Å². The highest BCUT2D eigenvalue weighted by molar-refractivity contribution is 5.74. The summed E-state index contributed by atoms with van der Waals surface area (Å²) in [6.45, 7) is 14.7. The standard InChI is InChI=1S/C18H24N4.2C2H6/c1-5-9-15-16(6-2)22(4)12-13-10-7-8-11-14(13)18(17(15)19)21-20-3;2*1-2/h5-11,20-21H,2,12,19H2,1,3-4H3;2*1-2H3/b9-5-,16-15-,18-17-;;. The van der Waals surface area contributed by atoms with Crippen LogP contribution in [0.15, 0.2) is 66.0 Å². The van der Waals surface area contributed by atoms with Gasteiger partial charge in [0.15, 0.2) is 0 Å². The van der Waals surface area contributed by atoms with Crippen molar-refractivity contribution in [2.24, 2.45) is 5.73 Å². The van der Waals surface area contributed by atoms with Crippen LogP contribution in [0.25, 0.3) is 5.70 Å². The number of allylic oxidation sites excluding steroid dienone is 3. The van der Waals surface area contributed by atoms with Crippen molar-refractivity contribution in [2.75, 3.05) is 14.1 Å². The molecule has 26 heavy (non-hydrogen) atoms. The number of rotatable bonds is 4. The van der Waals surface area contributed by atoms with Crippen molar-refractivity contribution in [2.45, 2.75) is 41.2 Å². The van der Waals surface area contributed by atoms with Crippen LogP contribution in [0.5, 0.6) is 0 Å². The molecular formula is C22H36N4. The van der Waals surface area contributed by atoms with Crippen LogP contribution >= 0.6 is 0 Å². The van der Waals surface area contributed by atoms with Crippen LogP contribution in [-0.2, 0) is 6.54 Å². The van der Waals surface area contributed by atoms with Gasteiger partial charge in [-0.15, -0.1) is 0 Å². The first-order valence-electron chi connectivity index (χ1n) is 9.35. The van der Waals surface area contributed by atoms with Gasteiger partial charge < -0.3 is 16.1 Å². The Labute approximate surface area is 160 Å². The topological polar surface area (TPSA) is 53.3 Å². The van der Waals surface area contributed by atoms with Gasteiger partial charge in [0.25, 0.3) is 0 Å². The largest absolute Gasteiger partial charge is 0.396 e. The molecule has 2 rings (SSSR count). The summed E-state index contributed by atoms with van der Waals surface area (Å²) in [6, 6.07) is 8.28. The first kappa shape index (κ1) is 23.5. The monoisotopic (exact) mass is 356 g/mol. The summed E-state index contributed by atoms with van der Waals surface area (Å²) in [4.78, 5) is 2.17. The van der Waals surface area contributed by atoms with Crippen LogP contribution in [0.3, 0.4) is 0 Å². The van der Waals surface area contributed by atoms with E-state index >= 15 is 0 Å². The lowest BCUT2D eigenvalue weighted by Gasteiger charge is -2.29. The number of hydrogen-bond acceptors (Lipinski definition) is 4. The molecule has 4 nitrogen and oxygen atoms in total. The van der Waals surface area contributed by atoms with Crippen molar-refractivity contribution in [3.05, 3.63) is 77.2 Å². The third-order valence-electron chi connectivity index (χ3n) is 3.72. The zero-order chi connectivity index (χ0) is 20.1. The summed E-state index contributed by atoms with van der Waals surface area (Å²) in [5.74, 6) is 0. The minimum atomic E-state index is 0.696. The van der Waals surface area contributed by atoms with Crippen LogP contribution in [0, 0.1) is 0 Å². The molecule has 1 aliphatic heterocycles. The number of hydrogen-bond donors (Lipinski definition) is 3. The number of nitrogens with zero attached hydrogens (tertiary/aromatic N) is 1. The molecule has 1 aromatic carbocycles. The summed E-state index contributed by atoms with van der Waals surface area (Å²) in [7, 11) is 3.89. The lowest BCUT2D eigenvalue weighted by atomic mass is 9.96. The lowest BCUT2D eigenvalue weighted by molar-refractivity contribution is 0.420. The predicted octanol–water partition coefficient (Wildman–Crippen LogP) is 4.55. The molecule has 0 amide bonds. The Morgan fingerprint density at radius 3 is 2.31 bits per heavy atom. The molecule has 0 aliphatic carbocycles. The van der Waals surface area contributed by atoms with Gasteiger partial charge in [-0.05, 0) is 18.6 Å². The Hall–Kier alpha value is -2.46. The van der Waals surface area contributed by atoms with E-state index in [1.165, 1.54) is 5.56 Å². The van der Waals surface area contributed by atoms with Crippen LogP contribution in [0.2, 0.25) is 0 Å². The minimum Gasteiger partial charge on any atom is -0.396 e. The van der Waals surface area contributed by atoms with Gasteiger partial charge in [-0.25, -0.2) is 5.43 Å². The molecule has 4 heteroatoms. The molecular weight excluding hydrogens is 320 g/mol. The number of fused-ring (bicyclic) bond motifs is 1. The second-order valence-corrected chi connectivity index (χ2v) is 5.18. The Morgan fingerprint density at radius 2 is 1.77 bits per heavy atom. The highest BCUT2D eigenvalue weighted by atomic mass is 15.3. The Balaban J connectivity index is 0.00000146. The fraction of sp³-hybridized carbons (Fsp3) is 0.364. The number of nitrogens with two attached hydrogens (primary N) is 1. The summed E-state index contributed by atoms with van der Waals surface area (Å²) in [5.41, 5.74) is 18.6. The third kappa shape index (κ3) is 5.53. The first-order chi connectivity index (χ1) is 12.6. The predicted molar refractivity (Wildman–Crippen MR) is 116 cm³/mol. The van der Waals surface area contributed by atoms with E-state index in [9.17, 15) is 0 Å². The van der Waals surface area contributed by atoms with Crippen LogP contribution < -0.4 is 16.6 Å². The van der Waals surface area contributed by atoms with Crippen molar-refractivity contribution < 1.29 is 0 Å². The molecule has 4 N–H and O–H groups in total. The fourth-order valence-electron chi connectivity index (χ4n) is 2.73. The smallest absolute Gasteiger partial charge is 0.0801 e. The highest BCUT2D eigenvalue weighted by Crippen LogP contribution is 2.29. The van der Waals surface area contributed by atoms with E-state index in [-0.39, 0.29) is 0 Å². The Bertz CT molecular complexity index is 654. The van der Waals surface area contributed by atoms with Gasteiger partial charge in [-0.1, -0.05) is 70.7 Å². The molecule has 1 aromatic rings. The molecule has 0 unspecified atom stereocenters. The normalized spacial score (nSPS) is 19.3. The van der Waals surface area contributed by atoms with E-state index < -0.39 is 0 Å². The van der Waals surface area contributed by atoms with E-state index in [1.54, 1.807) is 0 Å². The number of likely N-dealkylation sites (N-methyl/N-ethyl adjacent to an activating group) is 1. The molecule has 0 aromatic heterocycles. The van der Waals surface area contributed by atoms with Crippen molar-refractivity contribution >= 4 is 5.70 Å². The average Bonchev–Trinajstić information content (AvgIpc) is 2.68. The summed E-state index contributed by atoms with van der Waals surface area (Å²) >= 11 is 0. The van der Waals surface area contributed by atoms with E-state index in [1.807, 2.05) is 72.0 Å². The maximum absolute atomic E-state index is 6.50. The molecule has 0 saturated heterocycles. The summed E-state index contributed by atoms with van der Waals surface area (Å²) in [6.07, 6.45) is 5.87. The molecule has 0 saturated carbocycles. The zero-order valence-corrected chi connectivity index (χ0v) is 17.5. The number of hydrazine groups is 1. The quantitative estimate of drug-likeness (QED) is 0.693. The second kappa shape index (κ2) is 12.8. The van der Waals surface area contributed by atoms with Crippen LogP contribution in [0.1, 0.15) is 45.7 Å². The average molecular weight is 357 g/mol. The molecule has 0 spiro atoms. The maximum Gasteiger partial charge on any atom is 0.0801 e. The zero-order valence-electron chi connectivity index (χ0n) is 17.5. The SMILES string of the molecule is C=C/C1=C(\C=C/C)C(/N)=C(/NNC)c2ccccc2CN1C.CC.CC. The van der Waals surface area contributed by atoms with Gasteiger partial charge in [-0.2, -0.15) is 0 Å².